The first-order chi connectivity index (χ1) is 8.33. The molecule has 0 N–H and O–H groups in total. The molecule has 2 nitrogen and oxygen atoms in total. The van der Waals surface area contributed by atoms with Crippen LogP contribution in [0.15, 0.2) is 0 Å². The molecular formula is C11H17F5O2. The van der Waals surface area contributed by atoms with Gasteiger partial charge in [0, 0.05) is 19.6 Å². The van der Waals surface area contributed by atoms with Crippen LogP contribution in [0.4, 0.5) is 22.0 Å². The van der Waals surface area contributed by atoms with Gasteiger partial charge in [-0.25, -0.2) is 0 Å². The number of halogens is 5. The van der Waals surface area contributed by atoms with E-state index in [-0.39, 0.29) is 25.6 Å². The Morgan fingerprint density at radius 2 is 1.83 bits per heavy atom. The van der Waals surface area contributed by atoms with Crippen LogP contribution in [0.25, 0.3) is 0 Å². The first-order valence-electron chi connectivity index (χ1n) is 5.97. The van der Waals surface area contributed by atoms with Gasteiger partial charge in [0.25, 0.3) is 0 Å². The maximum atomic E-state index is 12.5. The molecule has 0 bridgehead atoms. The van der Waals surface area contributed by atoms with E-state index < -0.39 is 18.5 Å². The van der Waals surface area contributed by atoms with Gasteiger partial charge in [0.1, 0.15) is 0 Å². The molecule has 1 atom stereocenters. The largest absolute Gasteiger partial charge is 0.453 e. The summed E-state index contributed by atoms with van der Waals surface area (Å²) in [4.78, 5) is 0. The van der Waals surface area contributed by atoms with E-state index in [2.05, 4.69) is 0 Å². The van der Waals surface area contributed by atoms with E-state index in [0.29, 0.717) is 13.2 Å². The Morgan fingerprint density at radius 1 is 1.11 bits per heavy atom. The number of alkyl halides is 5. The predicted octanol–water partition coefficient (Wildman–Crippen LogP) is 3.55. The van der Waals surface area contributed by atoms with Crippen molar-refractivity contribution in [3.8, 4) is 0 Å². The van der Waals surface area contributed by atoms with E-state index in [1.54, 1.807) is 0 Å². The standard InChI is InChI=1S/C11H17F5O2/c12-10(13,11(14,15)16)5-1-2-6-17-8-9-4-3-7-18-9/h9H,1-8H2. The second kappa shape index (κ2) is 6.65. The molecule has 0 aliphatic carbocycles. The zero-order valence-electron chi connectivity index (χ0n) is 9.94. The fourth-order valence-electron chi connectivity index (χ4n) is 1.68. The van der Waals surface area contributed by atoms with Gasteiger partial charge in [-0.1, -0.05) is 0 Å². The Hall–Kier alpha value is -0.430. The number of unbranched alkanes of at least 4 members (excludes halogenated alkanes) is 1. The molecule has 0 amide bonds. The molecule has 0 spiro atoms. The molecule has 0 saturated carbocycles. The molecule has 1 fully saturated rings. The van der Waals surface area contributed by atoms with Crippen molar-refractivity contribution in [3.05, 3.63) is 0 Å². The van der Waals surface area contributed by atoms with Crippen LogP contribution in [0.1, 0.15) is 32.1 Å². The fraction of sp³-hybridized carbons (Fsp3) is 1.00. The maximum absolute atomic E-state index is 12.5. The summed E-state index contributed by atoms with van der Waals surface area (Å²) in [5.41, 5.74) is 0. The molecule has 0 aromatic carbocycles. The summed E-state index contributed by atoms with van der Waals surface area (Å²) in [6.45, 7) is 1.27. The van der Waals surface area contributed by atoms with Crippen LogP contribution in [-0.4, -0.2) is 38.0 Å². The van der Waals surface area contributed by atoms with Gasteiger partial charge in [0.15, 0.2) is 0 Å². The van der Waals surface area contributed by atoms with Gasteiger partial charge >= 0.3 is 12.1 Å². The molecule has 7 heteroatoms. The number of hydrogen-bond acceptors (Lipinski definition) is 2. The van der Waals surface area contributed by atoms with Crippen molar-refractivity contribution in [2.45, 2.75) is 50.3 Å². The van der Waals surface area contributed by atoms with E-state index in [9.17, 15) is 22.0 Å². The summed E-state index contributed by atoms with van der Waals surface area (Å²) in [5, 5.41) is 0. The van der Waals surface area contributed by atoms with Gasteiger partial charge in [-0.15, -0.1) is 0 Å². The molecule has 18 heavy (non-hydrogen) atoms. The molecule has 0 aromatic heterocycles. The lowest BCUT2D eigenvalue weighted by atomic mass is 10.1. The van der Waals surface area contributed by atoms with Crippen LogP contribution in [-0.2, 0) is 9.47 Å². The van der Waals surface area contributed by atoms with E-state index >= 15 is 0 Å². The first-order valence-corrected chi connectivity index (χ1v) is 5.97. The molecule has 1 saturated heterocycles. The van der Waals surface area contributed by atoms with Crippen LogP contribution in [0, 0.1) is 0 Å². The average Bonchev–Trinajstić information content (AvgIpc) is 2.74. The Bertz CT molecular complexity index is 236. The van der Waals surface area contributed by atoms with Crippen molar-refractivity contribution in [2.75, 3.05) is 19.8 Å². The molecule has 1 rings (SSSR count). The van der Waals surface area contributed by atoms with E-state index in [4.69, 9.17) is 9.47 Å². The summed E-state index contributed by atoms with van der Waals surface area (Å²) in [5.74, 6) is -4.60. The van der Waals surface area contributed by atoms with Crippen LogP contribution in [0.2, 0.25) is 0 Å². The quantitative estimate of drug-likeness (QED) is 0.523. The third kappa shape index (κ3) is 5.06. The number of hydrogen-bond donors (Lipinski definition) is 0. The molecule has 0 aromatic rings. The predicted molar refractivity (Wildman–Crippen MR) is 54.6 cm³/mol. The Balaban J connectivity index is 2.01. The molecular weight excluding hydrogens is 259 g/mol. The van der Waals surface area contributed by atoms with Gasteiger partial charge in [0.2, 0.25) is 0 Å². The topological polar surface area (TPSA) is 18.5 Å². The SMILES string of the molecule is FC(F)(F)C(F)(F)CCCCOCC1CCCO1. The third-order valence-electron chi connectivity index (χ3n) is 2.77. The highest BCUT2D eigenvalue weighted by molar-refractivity contribution is 4.75. The van der Waals surface area contributed by atoms with E-state index in [0.717, 1.165) is 12.8 Å². The minimum Gasteiger partial charge on any atom is -0.379 e. The fourth-order valence-corrected chi connectivity index (χ4v) is 1.68. The lowest BCUT2D eigenvalue weighted by Gasteiger charge is -2.19. The summed E-state index contributed by atoms with van der Waals surface area (Å²) >= 11 is 0. The summed E-state index contributed by atoms with van der Waals surface area (Å²) in [7, 11) is 0. The second-order valence-corrected chi connectivity index (χ2v) is 4.37. The zero-order chi connectivity index (χ0) is 13.6. The highest BCUT2D eigenvalue weighted by Gasteiger charge is 2.56. The van der Waals surface area contributed by atoms with Crippen LogP contribution in [0.5, 0.6) is 0 Å². The molecule has 108 valence electrons. The molecule has 1 unspecified atom stereocenters. The minimum absolute atomic E-state index is 0.0432. The maximum Gasteiger partial charge on any atom is 0.453 e. The zero-order valence-corrected chi connectivity index (χ0v) is 9.94. The summed E-state index contributed by atoms with van der Waals surface area (Å²) < 4.78 is 70.9. The normalized spacial score (nSPS) is 21.5. The Kier molecular flexibility index (Phi) is 5.78. The van der Waals surface area contributed by atoms with Crippen molar-refractivity contribution in [1.29, 1.82) is 0 Å². The minimum atomic E-state index is -5.45. The van der Waals surface area contributed by atoms with Crippen molar-refractivity contribution < 1.29 is 31.4 Å². The van der Waals surface area contributed by atoms with Gasteiger partial charge in [-0.3, -0.25) is 0 Å². The smallest absolute Gasteiger partial charge is 0.379 e. The average molecular weight is 276 g/mol. The van der Waals surface area contributed by atoms with Gasteiger partial charge < -0.3 is 9.47 Å². The van der Waals surface area contributed by atoms with Gasteiger partial charge in [-0.2, -0.15) is 22.0 Å². The lowest BCUT2D eigenvalue weighted by Crippen LogP contribution is -2.36. The summed E-state index contributed by atoms with van der Waals surface area (Å²) in [6.07, 6.45) is -4.72. The molecule has 1 heterocycles. The second-order valence-electron chi connectivity index (χ2n) is 4.37. The van der Waals surface area contributed by atoms with Gasteiger partial charge in [-0.05, 0) is 25.7 Å². The van der Waals surface area contributed by atoms with Crippen molar-refractivity contribution in [1.82, 2.24) is 0 Å². The van der Waals surface area contributed by atoms with Crippen molar-refractivity contribution >= 4 is 0 Å². The van der Waals surface area contributed by atoms with E-state index in [1.165, 1.54) is 0 Å². The third-order valence-corrected chi connectivity index (χ3v) is 2.77. The molecule has 0 radical (unpaired) electrons. The highest BCUT2D eigenvalue weighted by Crippen LogP contribution is 2.39. The lowest BCUT2D eigenvalue weighted by molar-refractivity contribution is -0.284. The van der Waals surface area contributed by atoms with Gasteiger partial charge in [0.05, 0.1) is 12.7 Å². The van der Waals surface area contributed by atoms with E-state index in [1.807, 2.05) is 0 Å². The first kappa shape index (κ1) is 15.6. The monoisotopic (exact) mass is 276 g/mol. The molecule has 1 aliphatic rings. The Morgan fingerprint density at radius 3 is 2.39 bits per heavy atom. The van der Waals surface area contributed by atoms with Crippen LogP contribution in [0.3, 0.4) is 0 Å². The van der Waals surface area contributed by atoms with Crippen molar-refractivity contribution in [3.63, 3.8) is 0 Å². The Labute approximate surface area is 102 Å². The van der Waals surface area contributed by atoms with Crippen LogP contribution >= 0.6 is 0 Å². The number of rotatable bonds is 7. The van der Waals surface area contributed by atoms with Crippen LogP contribution < -0.4 is 0 Å². The number of ether oxygens (including phenoxy) is 2. The summed E-state index contributed by atoms with van der Waals surface area (Å²) in [6, 6.07) is 0. The highest BCUT2D eigenvalue weighted by atomic mass is 19.4. The molecule has 1 aliphatic heterocycles. The van der Waals surface area contributed by atoms with Crippen molar-refractivity contribution in [2.24, 2.45) is 0 Å².